The molecule has 0 heterocycles. The first-order chi connectivity index (χ1) is 11.5. The predicted octanol–water partition coefficient (Wildman–Crippen LogP) is 4.11. The van der Waals surface area contributed by atoms with Crippen LogP contribution in [0.5, 0.6) is 0 Å². The average molecular weight is 328 g/mol. The number of rotatable bonds is 7. The summed E-state index contributed by atoms with van der Waals surface area (Å²) in [6, 6.07) is 6.56. The molecule has 1 aromatic rings. The Labute approximate surface area is 145 Å². The van der Waals surface area contributed by atoms with E-state index in [0.29, 0.717) is 18.1 Å². The van der Waals surface area contributed by atoms with E-state index in [0.717, 1.165) is 12.8 Å². The van der Waals surface area contributed by atoms with Crippen molar-refractivity contribution in [2.24, 2.45) is 17.8 Å². The summed E-state index contributed by atoms with van der Waals surface area (Å²) in [7, 11) is 0. The highest BCUT2D eigenvalue weighted by atomic mass is 16.6. The number of carbonyl (C=O) groups is 1. The molecule has 3 atom stereocenters. The molecule has 0 amide bonds. The Kier molecular flexibility index (Phi) is 6.38. The van der Waals surface area contributed by atoms with Crippen LogP contribution in [-0.2, 0) is 16.0 Å². The van der Waals surface area contributed by atoms with Crippen molar-refractivity contribution in [3.05, 3.63) is 59.4 Å². The molecule has 24 heavy (non-hydrogen) atoms. The quantitative estimate of drug-likeness (QED) is 0.605. The van der Waals surface area contributed by atoms with Crippen LogP contribution in [-0.4, -0.2) is 17.7 Å². The molecule has 0 radical (unpaired) electrons. The van der Waals surface area contributed by atoms with Crippen molar-refractivity contribution < 1.29 is 14.6 Å². The first kappa shape index (κ1) is 18.5. The van der Waals surface area contributed by atoms with Gasteiger partial charge in [0.1, 0.15) is 5.76 Å². The zero-order chi connectivity index (χ0) is 17.7. The molecular weight excluding hydrogens is 300 g/mol. The van der Waals surface area contributed by atoms with E-state index in [1.54, 1.807) is 12.2 Å². The number of benzene rings is 1. The molecular formula is C21H28O3. The van der Waals surface area contributed by atoms with E-state index >= 15 is 0 Å². The third-order valence-electron chi connectivity index (χ3n) is 5.09. The molecule has 0 fully saturated rings. The van der Waals surface area contributed by atoms with Gasteiger partial charge in [0.05, 0.1) is 0 Å². The van der Waals surface area contributed by atoms with Crippen molar-refractivity contribution >= 4 is 5.78 Å². The second-order valence-electron chi connectivity index (χ2n) is 6.89. The summed E-state index contributed by atoms with van der Waals surface area (Å²) in [6.07, 6.45) is 5.75. The van der Waals surface area contributed by atoms with Crippen molar-refractivity contribution in [1.82, 2.24) is 0 Å². The van der Waals surface area contributed by atoms with Crippen LogP contribution in [0.1, 0.15) is 36.5 Å². The molecule has 0 aromatic heterocycles. The highest BCUT2D eigenvalue weighted by molar-refractivity contribution is 5.93. The van der Waals surface area contributed by atoms with E-state index in [1.165, 1.54) is 16.7 Å². The topological polar surface area (TPSA) is 46.5 Å². The van der Waals surface area contributed by atoms with Gasteiger partial charge in [-0.1, -0.05) is 31.2 Å². The van der Waals surface area contributed by atoms with Crippen LogP contribution >= 0.6 is 0 Å². The number of aliphatic hydroxyl groups excluding tert-OH is 1. The second-order valence-corrected chi connectivity index (χ2v) is 6.89. The number of hydrogen-bond donors (Lipinski definition) is 1. The first-order valence-electron chi connectivity index (χ1n) is 8.62. The molecule has 0 spiro atoms. The Hall–Kier alpha value is -1.87. The Morgan fingerprint density at radius 1 is 1.38 bits per heavy atom. The predicted molar refractivity (Wildman–Crippen MR) is 96.5 cm³/mol. The fourth-order valence-corrected chi connectivity index (χ4v) is 3.50. The van der Waals surface area contributed by atoms with Gasteiger partial charge in [-0.2, -0.15) is 0 Å². The number of allylic oxidation sites excluding steroid dienone is 3. The molecule has 0 saturated carbocycles. The first-order valence-corrected chi connectivity index (χ1v) is 8.62. The molecule has 3 nitrogen and oxygen atoms in total. The molecule has 1 aromatic carbocycles. The number of carbonyl (C=O) groups excluding carboxylic acids is 1. The number of aliphatic hydroxyl groups is 1. The maximum absolute atomic E-state index is 12.2. The summed E-state index contributed by atoms with van der Waals surface area (Å²) in [5.74, 6) is 1.14. The summed E-state index contributed by atoms with van der Waals surface area (Å²) >= 11 is 0. The molecule has 3 unspecified atom stereocenters. The van der Waals surface area contributed by atoms with E-state index in [1.807, 2.05) is 0 Å². The van der Waals surface area contributed by atoms with Crippen molar-refractivity contribution in [1.29, 1.82) is 0 Å². The number of ether oxygens (including phenoxy) is 1. The third kappa shape index (κ3) is 4.35. The van der Waals surface area contributed by atoms with E-state index < -0.39 is 6.79 Å². The summed E-state index contributed by atoms with van der Waals surface area (Å²) in [4.78, 5) is 12.2. The van der Waals surface area contributed by atoms with Crippen LogP contribution in [0, 0.1) is 31.6 Å². The molecule has 0 aliphatic heterocycles. The van der Waals surface area contributed by atoms with E-state index in [-0.39, 0.29) is 17.6 Å². The standard InChI is InChI=1S/C21H28O3/c1-5-6-18-11-19(21(24-13-22)12-20(18)23)16(4)10-17-8-7-14(2)15(3)9-17/h5,7-9,12,16,18-19,22H,1,6,10-11,13H2,2-4H3. The summed E-state index contributed by atoms with van der Waals surface area (Å²) < 4.78 is 5.36. The van der Waals surface area contributed by atoms with Crippen LogP contribution in [0.4, 0.5) is 0 Å². The SMILES string of the molecule is C=CCC1CC(C(C)Cc2ccc(C)c(C)c2)C(OCO)=CC1=O. The zero-order valence-electron chi connectivity index (χ0n) is 14.9. The van der Waals surface area contributed by atoms with Gasteiger partial charge in [0.25, 0.3) is 0 Å². The highest BCUT2D eigenvalue weighted by Crippen LogP contribution is 2.36. The van der Waals surface area contributed by atoms with Gasteiger partial charge in [0, 0.05) is 17.9 Å². The molecule has 3 heteroatoms. The lowest BCUT2D eigenvalue weighted by Gasteiger charge is -2.32. The van der Waals surface area contributed by atoms with E-state index in [9.17, 15) is 4.79 Å². The second kappa shape index (κ2) is 8.29. The van der Waals surface area contributed by atoms with Crippen molar-refractivity contribution in [3.63, 3.8) is 0 Å². The van der Waals surface area contributed by atoms with Gasteiger partial charge in [-0.15, -0.1) is 6.58 Å². The van der Waals surface area contributed by atoms with Gasteiger partial charge in [-0.05, 0) is 55.7 Å². The fourth-order valence-electron chi connectivity index (χ4n) is 3.50. The van der Waals surface area contributed by atoms with Gasteiger partial charge in [0.2, 0.25) is 0 Å². The maximum Gasteiger partial charge on any atom is 0.185 e. The Morgan fingerprint density at radius 2 is 2.12 bits per heavy atom. The Balaban J connectivity index is 2.18. The maximum atomic E-state index is 12.2. The summed E-state index contributed by atoms with van der Waals surface area (Å²) in [6.45, 7) is 9.80. The highest BCUT2D eigenvalue weighted by Gasteiger charge is 2.33. The van der Waals surface area contributed by atoms with Gasteiger partial charge in [0.15, 0.2) is 12.6 Å². The molecule has 1 N–H and O–H groups in total. The molecule has 1 aliphatic carbocycles. The number of aryl methyl sites for hydroxylation is 2. The zero-order valence-corrected chi connectivity index (χ0v) is 14.9. The number of hydrogen-bond acceptors (Lipinski definition) is 3. The van der Waals surface area contributed by atoms with Crippen molar-refractivity contribution in [2.45, 2.75) is 40.0 Å². The van der Waals surface area contributed by atoms with Gasteiger partial charge >= 0.3 is 0 Å². The smallest absolute Gasteiger partial charge is 0.185 e. The molecule has 130 valence electrons. The summed E-state index contributed by atoms with van der Waals surface area (Å²) in [5.41, 5.74) is 3.89. The normalized spacial score (nSPS) is 22.0. The van der Waals surface area contributed by atoms with Crippen LogP contribution in [0.2, 0.25) is 0 Å². The lowest BCUT2D eigenvalue weighted by Crippen LogP contribution is -2.29. The van der Waals surface area contributed by atoms with Crippen LogP contribution in [0.3, 0.4) is 0 Å². The van der Waals surface area contributed by atoms with Gasteiger partial charge < -0.3 is 9.84 Å². The molecule has 0 bridgehead atoms. The average Bonchev–Trinajstić information content (AvgIpc) is 2.53. The monoisotopic (exact) mass is 328 g/mol. The minimum atomic E-state index is -0.391. The van der Waals surface area contributed by atoms with Crippen LogP contribution < -0.4 is 0 Å². The third-order valence-corrected chi connectivity index (χ3v) is 5.09. The van der Waals surface area contributed by atoms with Gasteiger partial charge in [-0.25, -0.2) is 0 Å². The largest absolute Gasteiger partial charge is 0.472 e. The Bertz CT molecular complexity index is 630. The molecule has 1 aliphatic rings. The minimum Gasteiger partial charge on any atom is -0.472 e. The molecule has 2 rings (SSSR count). The lowest BCUT2D eigenvalue weighted by atomic mass is 9.75. The molecule has 0 saturated heterocycles. The van der Waals surface area contributed by atoms with Crippen molar-refractivity contribution in [3.8, 4) is 0 Å². The summed E-state index contributed by atoms with van der Waals surface area (Å²) in [5, 5.41) is 9.14. The van der Waals surface area contributed by atoms with E-state index in [2.05, 4.69) is 45.5 Å². The van der Waals surface area contributed by atoms with Gasteiger partial charge in [-0.3, -0.25) is 4.79 Å². The van der Waals surface area contributed by atoms with E-state index in [4.69, 9.17) is 9.84 Å². The van der Waals surface area contributed by atoms with Crippen molar-refractivity contribution in [2.75, 3.05) is 6.79 Å². The number of ketones is 1. The minimum absolute atomic E-state index is 0.0271. The Morgan fingerprint density at radius 3 is 2.75 bits per heavy atom. The van der Waals surface area contributed by atoms with Crippen LogP contribution in [0.25, 0.3) is 0 Å². The lowest BCUT2D eigenvalue weighted by molar-refractivity contribution is -0.120. The van der Waals surface area contributed by atoms with Crippen LogP contribution in [0.15, 0.2) is 42.7 Å². The fraction of sp³-hybridized carbons (Fsp3) is 0.476.